The van der Waals surface area contributed by atoms with Gasteiger partial charge in [-0.2, -0.15) is 5.10 Å². The summed E-state index contributed by atoms with van der Waals surface area (Å²) in [6.45, 7) is 3.87. The first kappa shape index (κ1) is 16.7. The van der Waals surface area contributed by atoms with Crippen LogP contribution in [0.1, 0.15) is 38.3 Å². The summed E-state index contributed by atoms with van der Waals surface area (Å²) >= 11 is 0. The normalized spacial score (nSPS) is 22.8. The first-order valence-electron chi connectivity index (χ1n) is 8.86. The minimum absolute atomic E-state index is 0.0110. The van der Waals surface area contributed by atoms with Crippen LogP contribution in [-0.2, 0) is 7.05 Å². The molecule has 2 aliphatic carbocycles. The number of aromatic nitrogens is 4. The zero-order chi connectivity index (χ0) is 18.3. The fourth-order valence-electron chi connectivity index (χ4n) is 3.39. The third kappa shape index (κ3) is 2.97. The summed E-state index contributed by atoms with van der Waals surface area (Å²) in [4.78, 5) is 0. The molecule has 0 amide bonds. The number of hydrogen-bond acceptors (Lipinski definition) is 5. The highest BCUT2D eigenvalue weighted by Crippen LogP contribution is 2.30. The van der Waals surface area contributed by atoms with Gasteiger partial charge in [-0.3, -0.25) is 4.68 Å². The number of hydrogen-bond donors (Lipinski definition) is 1. The van der Waals surface area contributed by atoms with E-state index in [0.29, 0.717) is 17.5 Å². The Morgan fingerprint density at radius 3 is 2.73 bits per heavy atom. The maximum Gasteiger partial charge on any atom is 0.268 e. The Labute approximate surface area is 152 Å². The van der Waals surface area contributed by atoms with Crippen molar-refractivity contribution in [2.24, 2.45) is 13.0 Å². The second-order valence-electron chi connectivity index (χ2n) is 6.90. The summed E-state index contributed by atoms with van der Waals surface area (Å²) < 4.78 is 7.70. The Hall–Kier alpha value is -2.73. The van der Waals surface area contributed by atoms with Crippen LogP contribution < -0.4 is 0 Å². The molecular weight excluding hydrogens is 328 g/mol. The van der Waals surface area contributed by atoms with Crippen LogP contribution in [-0.4, -0.2) is 31.2 Å². The van der Waals surface area contributed by atoms with E-state index >= 15 is 0 Å². The molecular formula is C20H22N4O2. The van der Waals surface area contributed by atoms with Crippen molar-refractivity contribution in [2.45, 2.75) is 32.8 Å². The second-order valence-corrected chi connectivity index (χ2v) is 6.90. The molecule has 134 valence electrons. The summed E-state index contributed by atoms with van der Waals surface area (Å²) in [5, 5.41) is 22.9. The molecule has 6 nitrogen and oxygen atoms in total. The van der Waals surface area contributed by atoms with Crippen molar-refractivity contribution in [3.8, 4) is 11.6 Å². The van der Waals surface area contributed by atoms with Crippen LogP contribution in [0.15, 0.2) is 46.4 Å². The number of aliphatic hydroxyl groups is 1. The highest BCUT2D eigenvalue weighted by Gasteiger charge is 2.23. The summed E-state index contributed by atoms with van der Waals surface area (Å²) in [5.41, 5.74) is 4.58. The van der Waals surface area contributed by atoms with Crippen LogP contribution in [0.2, 0.25) is 0 Å². The van der Waals surface area contributed by atoms with Gasteiger partial charge in [-0.05, 0) is 43.1 Å². The fraction of sp³-hybridized carbons (Fsp3) is 0.350. The minimum atomic E-state index is -0.462. The maximum absolute atomic E-state index is 10.0. The van der Waals surface area contributed by atoms with Crippen LogP contribution in [0.5, 0.6) is 0 Å². The lowest BCUT2D eigenvalue weighted by Crippen LogP contribution is -2.20. The Morgan fingerprint density at radius 2 is 2.00 bits per heavy atom. The van der Waals surface area contributed by atoms with Gasteiger partial charge >= 0.3 is 0 Å². The molecule has 0 saturated heterocycles. The van der Waals surface area contributed by atoms with Crippen molar-refractivity contribution in [1.29, 1.82) is 0 Å². The molecule has 26 heavy (non-hydrogen) atoms. The van der Waals surface area contributed by atoms with Crippen molar-refractivity contribution in [2.75, 3.05) is 0 Å². The van der Waals surface area contributed by atoms with E-state index in [0.717, 1.165) is 35.3 Å². The SMILES string of the molecule is CC1=CC(c2nnc(-c3cc(C4=CCCC=C4)n(C)n3)o2)=CC(C)C1O. The van der Waals surface area contributed by atoms with Crippen LogP contribution in [0.4, 0.5) is 0 Å². The lowest BCUT2D eigenvalue weighted by molar-refractivity contribution is 0.172. The summed E-state index contributed by atoms with van der Waals surface area (Å²) in [7, 11) is 1.91. The minimum Gasteiger partial charge on any atom is -0.415 e. The van der Waals surface area contributed by atoms with E-state index in [1.807, 2.05) is 43.8 Å². The third-order valence-corrected chi connectivity index (χ3v) is 4.85. The van der Waals surface area contributed by atoms with Gasteiger partial charge in [0.15, 0.2) is 0 Å². The predicted octanol–water partition coefficient (Wildman–Crippen LogP) is 3.54. The highest BCUT2D eigenvalue weighted by atomic mass is 16.4. The van der Waals surface area contributed by atoms with Crippen LogP contribution in [0.25, 0.3) is 22.7 Å². The van der Waals surface area contributed by atoms with Crippen LogP contribution in [0, 0.1) is 5.92 Å². The number of allylic oxidation sites excluding steroid dienone is 6. The van der Waals surface area contributed by atoms with Crippen molar-refractivity contribution in [3.05, 3.63) is 53.6 Å². The molecule has 2 heterocycles. The van der Waals surface area contributed by atoms with Crippen LogP contribution >= 0.6 is 0 Å². The van der Waals surface area contributed by atoms with Gasteiger partial charge in [0.05, 0.1) is 11.8 Å². The van der Waals surface area contributed by atoms with Gasteiger partial charge in [-0.15, -0.1) is 10.2 Å². The quantitative estimate of drug-likeness (QED) is 0.916. The molecule has 2 aromatic heterocycles. The van der Waals surface area contributed by atoms with E-state index in [1.54, 1.807) is 0 Å². The molecule has 0 radical (unpaired) electrons. The van der Waals surface area contributed by atoms with Crippen molar-refractivity contribution < 1.29 is 9.52 Å². The van der Waals surface area contributed by atoms with E-state index in [9.17, 15) is 5.11 Å². The molecule has 0 fully saturated rings. The zero-order valence-corrected chi connectivity index (χ0v) is 15.2. The largest absolute Gasteiger partial charge is 0.415 e. The summed E-state index contributed by atoms with van der Waals surface area (Å²) in [6, 6.07) is 1.97. The summed E-state index contributed by atoms with van der Waals surface area (Å²) in [6.07, 6.45) is 12.0. The average Bonchev–Trinajstić information content (AvgIpc) is 3.27. The maximum atomic E-state index is 10.0. The number of aryl methyl sites for hydroxylation is 1. The first-order chi connectivity index (χ1) is 12.5. The van der Waals surface area contributed by atoms with Gasteiger partial charge in [0.25, 0.3) is 5.89 Å². The topological polar surface area (TPSA) is 77.0 Å². The van der Waals surface area contributed by atoms with Crippen LogP contribution in [0.3, 0.4) is 0 Å². The number of nitrogens with zero attached hydrogens (tertiary/aromatic N) is 4. The molecule has 2 aromatic rings. The Bertz CT molecular complexity index is 958. The lowest BCUT2D eigenvalue weighted by Gasteiger charge is -2.21. The fourth-order valence-corrected chi connectivity index (χ4v) is 3.39. The number of rotatable bonds is 3. The van der Waals surface area contributed by atoms with E-state index in [-0.39, 0.29) is 5.92 Å². The van der Waals surface area contributed by atoms with Gasteiger partial charge < -0.3 is 9.52 Å². The van der Waals surface area contributed by atoms with E-state index in [4.69, 9.17) is 4.42 Å². The van der Waals surface area contributed by atoms with Crippen molar-refractivity contribution in [3.63, 3.8) is 0 Å². The molecule has 0 saturated carbocycles. The Balaban J connectivity index is 1.64. The Morgan fingerprint density at radius 1 is 1.19 bits per heavy atom. The molecule has 0 aromatic carbocycles. The van der Waals surface area contributed by atoms with Gasteiger partial charge in [0.1, 0.15) is 5.69 Å². The van der Waals surface area contributed by atoms with Gasteiger partial charge in [0, 0.05) is 18.5 Å². The van der Waals surface area contributed by atoms with Gasteiger partial charge in [-0.25, -0.2) is 0 Å². The lowest BCUT2D eigenvalue weighted by atomic mass is 9.89. The van der Waals surface area contributed by atoms with Gasteiger partial charge in [-0.1, -0.05) is 31.2 Å². The molecule has 2 unspecified atom stereocenters. The number of aliphatic hydroxyl groups excluding tert-OH is 1. The monoisotopic (exact) mass is 350 g/mol. The summed E-state index contributed by atoms with van der Waals surface area (Å²) in [5.74, 6) is 0.854. The smallest absolute Gasteiger partial charge is 0.268 e. The molecule has 0 spiro atoms. The zero-order valence-electron chi connectivity index (χ0n) is 15.2. The molecule has 0 bridgehead atoms. The Kier molecular flexibility index (Phi) is 4.20. The highest BCUT2D eigenvalue weighted by molar-refractivity contribution is 5.75. The second kappa shape index (κ2) is 6.53. The molecule has 1 N–H and O–H groups in total. The predicted molar refractivity (Wildman–Crippen MR) is 99.8 cm³/mol. The van der Waals surface area contributed by atoms with Crippen molar-refractivity contribution >= 4 is 11.1 Å². The molecule has 2 atom stereocenters. The molecule has 4 rings (SSSR count). The van der Waals surface area contributed by atoms with Crippen molar-refractivity contribution in [1.82, 2.24) is 20.0 Å². The molecule has 0 aliphatic heterocycles. The van der Waals surface area contributed by atoms with E-state index < -0.39 is 6.10 Å². The van der Waals surface area contributed by atoms with E-state index in [2.05, 4.69) is 33.5 Å². The first-order valence-corrected chi connectivity index (χ1v) is 8.86. The molecule has 6 heteroatoms. The molecule has 2 aliphatic rings. The third-order valence-electron chi connectivity index (χ3n) is 4.85. The van der Waals surface area contributed by atoms with E-state index in [1.165, 1.54) is 0 Å². The standard InChI is InChI=1S/C20H22N4O2/c1-12-9-15(10-13(2)18(12)25)19-21-22-20(26-19)16-11-17(24(3)23-16)14-7-5-4-6-8-14/h5,7-12,18,25H,4,6H2,1-3H3. The average molecular weight is 350 g/mol. The van der Waals surface area contributed by atoms with Gasteiger partial charge in [0.2, 0.25) is 5.89 Å².